The van der Waals surface area contributed by atoms with E-state index in [9.17, 15) is 0 Å². The van der Waals surface area contributed by atoms with E-state index in [1.807, 2.05) is 11.7 Å². The molecule has 1 atom stereocenters. The molecule has 1 N–H and O–H groups in total. The van der Waals surface area contributed by atoms with Gasteiger partial charge in [0, 0.05) is 25.7 Å². The van der Waals surface area contributed by atoms with Crippen LogP contribution in [-0.2, 0) is 13.5 Å². The molecule has 0 aliphatic heterocycles. The fourth-order valence-electron chi connectivity index (χ4n) is 3.22. The molecule has 0 spiro atoms. The minimum Gasteiger partial charge on any atom is -0.313 e. The Kier molecular flexibility index (Phi) is 5.44. The molecule has 1 aliphatic rings. The van der Waals surface area contributed by atoms with Crippen molar-refractivity contribution in [2.75, 3.05) is 6.54 Å². The zero-order chi connectivity index (χ0) is 13.7. The Morgan fingerprint density at radius 1 is 1.37 bits per heavy atom. The lowest BCUT2D eigenvalue weighted by atomic mass is 9.78. The van der Waals surface area contributed by atoms with Gasteiger partial charge in [-0.15, -0.1) is 0 Å². The summed E-state index contributed by atoms with van der Waals surface area (Å²) in [6.45, 7) is 5.76. The normalized spacial score (nSPS) is 25.4. The van der Waals surface area contributed by atoms with E-state index in [1.54, 1.807) is 0 Å². The summed E-state index contributed by atoms with van der Waals surface area (Å²) >= 11 is 0. The van der Waals surface area contributed by atoms with Gasteiger partial charge >= 0.3 is 0 Å². The molecule has 0 saturated heterocycles. The van der Waals surface area contributed by atoms with Crippen LogP contribution in [-0.4, -0.2) is 22.4 Å². The van der Waals surface area contributed by atoms with Crippen molar-refractivity contribution in [1.29, 1.82) is 0 Å². The highest BCUT2D eigenvalue weighted by Gasteiger charge is 2.26. The number of aromatic nitrogens is 2. The van der Waals surface area contributed by atoms with Crippen LogP contribution in [0.25, 0.3) is 0 Å². The van der Waals surface area contributed by atoms with Gasteiger partial charge in [-0.2, -0.15) is 5.10 Å². The van der Waals surface area contributed by atoms with E-state index in [0.717, 1.165) is 24.8 Å². The molecule has 0 bridgehead atoms. The second-order valence-electron chi connectivity index (χ2n) is 6.27. The summed E-state index contributed by atoms with van der Waals surface area (Å²) in [5, 5.41) is 8.31. The summed E-state index contributed by atoms with van der Waals surface area (Å²) in [4.78, 5) is 0. The minimum atomic E-state index is 0.613. The van der Waals surface area contributed by atoms with Crippen molar-refractivity contribution in [2.24, 2.45) is 18.9 Å². The lowest BCUT2D eigenvalue weighted by Crippen LogP contribution is -2.40. The summed E-state index contributed by atoms with van der Waals surface area (Å²) < 4.78 is 1.91. The molecule has 3 nitrogen and oxygen atoms in total. The van der Waals surface area contributed by atoms with E-state index in [2.05, 4.69) is 36.5 Å². The Hall–Kier alpha value is -0.830. The average molecular weight is 263 g/mol. The molecule has 1 aromatic rings. The Morgan fingerprint density at radius 3 is 2.68 bits per heavy atom. The highest BCUT2D eigenvalue weighted by molar-refractivity contribution is 5.02. The number of rotatable bonds is 6. The first kappa shape index (κ1) is 14.6. The van der Waals surface area contributed by atoms with Crippen LogP contribution in [0.5, 0.6) is 0 Å². The fraction of sp³-hybridized carbons (Fsp3) is 0.812. The first-order valence-corrected chi connectivity index (χ1v) is 7.91. The molecular formula is C16H29N3. The van der Waals surface area contributed by atoms with Crippen molar-refractivity contribution in [3.63, 3.8) is 0 Å². The zero-order valence-corrected chi connectivity index (χ0v) is 12.7. The van der Waals surface area contributed by atoms with E-state index >= 15 is 0 Å². The molecule has 1 aromatic heterocycles. The van der Waals surface area contributed by atoms with E-state index in [1.165, 1.54) is 37.8 Å². The molecule has 1 fully saturated rings. The lowest BCUT2D eigenvalue weighted by molar-refractivity contribution is 0.228. The van der Waals surface area contributed by atoms with Gasteiger partial charge in [-0.1, -0.05) is 26.7 Å². The standard InChI is InChI=1S/C16H29N3/c1-4-10-17-16(12-15-9-11-19(3)18-15)14-7-5-13(2)6-8-14/h9,11,13-14,16-17H,4-8,10,12H2,1-3H3. The topological polar surface area (TPSA) is 29.9 Å². The van der Waals surface area contributed by atoms with Crippen molar-refractivity contribution >= 4 is 0 Å². The smallest absolute Gasteiger partial charge is 0.0640 e. The van der Waals surface area contributed by atoms with Crippen molar-refractivity contribution in [3.8, 4) is 0 Å². The Labute approximate surface area is 117 Å². The SMILES string of the molecule is CCCNC(Cc1ccn(C)n1)C1CCC(C)CC1. The summed E-state index contributed by atoms with van der Waals surface area (Å²) in [7, 11) is 2.00. The van der Waals surface area contributed by atoms with Crippen molar-refractivity contribution < 1.29 is 0 Å². The van der Waals surface area contributed by atoms with Crippen molar-refractivity contribution in [1.82, 2.24) is 15.1 Å². The molecule has 1 unspecified atom stereocenters. The third kappa shape index (κ3) is 4.34. The predicted octanol–water partition coefficient (Wildman–Crippen LogP) is 3.16. The molecule has 0 amide bonds. The first-order valence-electron chi connectivity index (χ1n) is 7.91. The number of nitrogens with zero attached hydrogens (tertiary/aromatic N) is 2. The molecule has 19 heavy (non-hydrogen) atoms. The number of hydrogen-bond donors (Lipinski definition) is 1. The number of nitrogens with one attached hydrogen (secondary N) is 1. The molecule has 1 saturated carbocycles. The van der Waals surface area contributed by atoms with E-state index in [4.69, 9.17) is 0 Å². The van der Waals surface area contributed by atoms with Crippen LogP contribution in [0.4, 0.5) is 0 Å². The monoisotopic (exact) mass is 263 g/mol. The highest BCUT2D eigenvalue weighted by Crippen LogP contribution is 2.31. The highest BCUT2D eigenvalue weighted by atomic mass is 15.2. The van der Waals surface area contributed by atoms with Gasteiger partial charge in [-0.3, -0.25) is 4.68 Å². The van der Waals surface area contributed by atoms with Gasteiger partial charge in [0.25, 0.3) is 0 Å². The van der Waals surface area contributed by atoms with Crippen molar-refractivity contribution in [3.05, 3.63) is 18.0 Å². The molecule has 1 aliphatic carbocycles. The van der Waals surface area contributed by atoms with Gasteiger partial charge in [0.05, 0.1) is 5.69 Å². The van der Waals surface area contributed by atoms with Crippen LogP contribution in [0, 0.1) is 11.8 Å². The summed E-state index contributed by atoms with van der Waals surface area (Å²) in [5.74, 6) is 1.77. The second-order valence-corrected chi connectivity index (χ2v) is 6.27. The van der Waals surface area contributed by atoms with Crippen LogP contribution in [0.2, 0.25) is 0 Å². The maximum atomic E-state index is 4.55. The Balaban J connectivity index is 1.94. The Bertz CT molecular complexity index is 364. The molecule has 108 valence electrons. The van der Waals surface area contributed by atoms with Crippen LogP contribution in [0.1, 0.15) is 51.6 Å². The van der Waals surface area contributed by atoms with Gasteiger partial charge in [0.15, 0.2) is 0 Å². The molecule has 0 aromatic carbocycles. The molecule has 2 rings (SSSR count). The van der Waals surface area contributed by atoms with Crippen molar-refractivity contribution in [2.45, 2.75) is 58.4 Å². The molecule has 1 heterocycles. The van der Waals surface area contributed by atoms with Gasteiger partial charge in [0.1, 0.15) is 0 Å². The number of hydrogen-bond acceptors (Lipinski definition) is 2. The van der Waals surface area contributed by atoms with Gasteiger partial charge < -0.3 is 5.32 Å². The second kappa shape index (κ2) is 7.09. The Morgan fingerprint density at radius 2 is 2.11 bits per heavy atom. The third-order valence-corrected chi connectivity index (χ3v) is 4.48. The largest absolute Gasteiger partial charge is 0.313 e. The van der Waals surface area contributed by atoms with Gasteiger partial charge in [0.2, 0.25) is 0 Å². The summed E-state index contributed by atoms with van der Waals surface area (Å²) in [5.41, 5.74) is 1.23. The summed E-state index contributed by atoms with van der Waals surface area (Å²) in [6, 6.07) is 2.77. The zero-order valence-electron chi connectivity index (χ0n) is 12.7. The van der Waals surface area contributed by atoms with E-state index < -0.39 is 0 Å². The van der Waals surface area contributed by atoms with Crippen LogP contribution in [0.3, 0.4) is 0 Å². The average Bonchev–Trinajstić information content (AvgIpc) is 2.81. The van der Waals surface area contributed by atoms with E-state index in [0.29, 0.717) is 6.04 Å². The van der Waals surface area contributed by atoms with Crippen LogP contribution in [0.15, 0.2) is 12.3 Å². The third-order valence-electron chi connectivity index (χ3n) is 4.48. The maximum Gasteiger partial charge on any atom is 0.0640 e. The minimum absolute atomic E-state index is 0.613. The molecule has 3 heteroatoms. The molecular weight excluding hydrogens is 234 g/mol. The van der Waals surface area contributed by atoms with Crippen LogP contribution >= 0.6 is 0 Å². The van der Waals surface area contributed by atoms with Gasteiger partial charge in [-0.05, 0) is 43.7 Å². The predicted molar refractivity (Wildman–Crippen MR) is 80.1 cm³/mol. The number of aryl methyl sites for hydroxylation is 1. The maximum absolute atomic E-state index is 4.55. The van der Waals surface area contributed by atoms with Crippen LogP contribution < -0.4 is 5.32 Å². The van der Waals surface area contributed by atoms with Gasteiger partial charge in [-0.25, -0.2) is 0 Å². The quantitative estimate of drug-likeness (QED) is 0.854. The lowest BCUT2D eigenvalue weighted by Gasteiger charge is -2.33. The summed E-state index contributed by atoms with van der Waals surface area (Å²) in [6.07, 6.45) is 9.91. The molecule has 0 radical (unpaired) electrons. The fourth-order valence-corrected chi connectivity index (χ4v) is 3.22. The van der Waals surface area contributed by atoms with E-state index in [-0.39, 0.29) is 0 Å². The first-order chi connectivity index (χ1) is 9.19.